The van der Waals surface area contributed by atoms with Gasteiger partial charge in [-0.1, -0.05) is 36.4 Å². The van der Waals surface area contributed by atoms with Crippen molar-refractivity contribution in [1.29, 1.82) is 0 Å². The number of para-hydroxylation sites is 1. The molecule has 146 valence electrons. The zero-order valence-corrected chi connectivity index (χ0v) is 15.6. The van der Waals surface area contributed by atoms with Crippen LogP contribution >= 0.6 is 0 Å². The van der Waals surface area contributed by atoms with Crippen molar-refractivity contribution in [3.63, 3.8) is 0 Å². The monoisotopic (exact) mass is 380 g/mol. The molecule has 0 saturated carbocycles. The van der Waals surface area contributed by atoms with E-state index in [2.05, 4.69) is 5.32 Å². The lowest BCUT2D eigenvalue weighted by molar-refractivity contribution is -0.134. The van der Waals surface area contributed by atoms with Crippen molar-refractivity contribution in [2.24, 2.45) is 5.92 Å². The van der Waals surface area contributed by atoms with Gasteiger partial charge in [0.2, 0.25) is 11.8 Å². The molecule has 0 atom stereocenters. The van der Waals surface area contributed by atoms with Gasteiger partial charge in [-0.15, -0.1) is 0 Å². The molecule has 1 saturated heterocycles. The van der Waals surface area contributed by atoms with Crippen LogP contribution in [0.4, 0.5) is 5.69 Å². The summed E-state index contributed by atoms with van der Waals surface area (Å²) in [5.41, 5.74) is 1.69. The largest absolute Gasteiger partial charge is 0.478 e. The number of nitrogens with zero attached hydrogens (tertiary/aromatic N) is 1. The Labute approximate surface area is 164 Å². The second-order valence-electron chi connectivity index (χ2n) is 6.97. The second kappa shape index (κ2) is 9.17. The van der Waals surface area contributed by atoms with E-state index in [1.807, 2.05) is 30.3 Å². The number of hydrogen-bond donors (Lipinski definition) is 2. The van der Waals surface area contributed by atoms with E-state index in [0.29, 0.717) is 37.9 Å². The molecule has 2 amide bonds. The van der Waals surface area contributed by atoms with E-state index < -0.39 is 5.97 Å². The van der Waals surface area contributed by atoms with Gasteiger partial charge in [-0.3, -0.25) is 9.59 Å². The van der Waals surface area contributed by atoms with Gasteiger partial charge in [-0.05, 0) is 43.0 Å². The number of carbonyl (C=O) groups excluding carboxylic acids is 2. The topological polar surface area (TPSA) is 86.7 Å². The molecule has 6 nitrogen and oxygen atoms in total. The Hall–Kier alpha value is -3.15. The summed E-state index contributed by atoms with van der Waals surface area (Å²) in [4.78, 5) is 37.9. The van der Waals surface area contributed by atoms with Crippen molar-refractivity contribution < 1.29 is 19.5 Å². The summed E-state index contributed by atoms with van der Waals surface area (Å²) in [5.74, 6) is -1.08. The summed E-state index contributed by atoms with van der Waals surface area (Å²) in [6, 6.07) is 16.1. The van der Waals surface area contributed by atoms with Gasteiger partial charge >= 0.3 is 5.97 Å². The predicted octanol–water partition coefficient (Wildman–Crippen LogP) is 3.19. The number of anilines is 1. The molecule has 2 aromatic rings. The minimum atomic E-state index is -0.978. The number of carbonyl (C=O) groups is 3. The number of hydrogen-bond acceptors (Lipinski definition) is 3. The molecule has 0 spiro atoms. The van der Waals surface area contributed by atoms with Gasteiger partial charge in [-0.25, -0.2) is 4.79 Å². The van der Waals surface area contributed by atoms with Crippen LogP contribution in [0, 0.1) is 5.92 Å². The molecule has 0 radical (unpaired) electrons. The second-order valence-corrected chi connectivity index (χ2v) is 6.97. The fourth-order valence-corrected chi connectivity index (χ4v) is 3.50. The highest BCUT2D eigenvalue weighted by Gasteiger charge is 2.27. The number of amides is 2. The van der Waals surface area contributed by atoms with Crippen LogP contribution in [0.1, 0.15) is 35.2 Å². The third kappa shape index (κ3) is 4.97. The molecule has 2 N–H and O–H groups in total. The summed E-state index contributed by atoms with van der Waals surface area (Å²) in [5, 5.41) is 12.2. The first kappa shape index (κ1) is 19.6. The molecule has 1 aliphatic rings. The maximum absolute atomic E-state index is 12.5. The molecule has 3 rings (SSSR count). The van der Waals surface area contributed by atoms with Crippen molar-refractivity contribution in [2.45, 2.75) is 25.7 Å². The average molecular weight is 380 g/mol. The number of aromatic carboxylic acids is 1. The standard InChI is InChI=1S/C22H24N2O4/c25-20(11-10-16-6-4-5-9-19(16)22(27)28)24-14-12-17(13-15-24)21(26)23-18-7-2-1-3-8-18/h1-9,17H,10-15H2,(H,23,26)(H,27,28). The highest BCUT2D eigenvalue weighted by atomic mass is 16.4. The van der Waals surface area contributed by atoms with E-state index in [-0.39, 0.29) is 29.7 Å². The zero-order valence-electron chi connectivity index (χ0n) is 15.6. The van der Waals surface area contributed by atoms with Crippen molar-refractivity contribution in [3.8, 4) is 0 Å². The first-order chi connectivity index (χ1) is 13.5. The van der Waals surface area contributed by atoms with Gasteiger partial charge in [0.1, 0.15) is 0 Å². The fourth-order valence-electron chi connectivity index (χ4n) is 3.50. The number of nitrogens with one attached hydrogen (secondary N) is 1. The highest BCUT2D eigenvalue weighted by Crippen LogP contribution is 2.21. The molecule has 1 heterocycles. The Morgan fingerprint density at radius 3 is 2.29 bits per heavy atom. The molecule has 28 heavy (non-hydrogen) atoms. The van der Waals surface area contributed by atoms with Crippen LogP contribution in [0.15, 0.2) is 54.6 Å². The molecule has 6 heteroatoms. The Bertz CT molecular complexity index is 843. The SMILES string of the molecule is O=C(O)c1ccccc1CCC(=O)N1CCC(C(=O)Nc2ccccc2)CC1. The molecule has 0 unspecified atom stereocenters. The Kier molecular flexibility index (Phi) is 6.42. The number of likely N-dealkylation sites (tertiary alicyclic amines) is 1. The molecule has 0 aliphatic carbocycles. The Balaban J connectivity index is 1.47. The van der Waals surface area contributed by atoms with Crippen LogP contribution in [0.2, 0.25) is 0 Å². The quantitative estimate of drug-likeness (QED) is 0.806. The van der Waals surface area contributed by atoms with Gasteiger partial charge < -0.3 is 15.3 Å². The number of rotatable bonds is 6. The number of aryl methyl sites for hydroxylation is 1. The summed E-state index contributed by atoms with van der Waals surface area (Å²) in [6.07, 6.45) is 1.94. The molecule has 1 fully saturated rings. The minimum absolute atomic E-state index is 0.00195. The first-order valence-corrected chi connectivity index (χ1v) is 9.49. The summed E-state index contributed by atoms with van der Waals surface area (Å²) in [7, 11) is 0. The van der Waals surface area contributed by atoms with E-state index in [9.17, 15) is 19.5 Å². The molecule has 0 bridgehead atoms. The van der Waals surface area contributed by atoms with E-state index >= 15 is 0 Å². The lowest BCUT2D eigenvalue weighted by Crippen LogP contribution is -2.41. The van der Waals surface area contributed by atoms with Gasteiger partial charge in [0, 0.05) is 31.1 Å². The van der Waals surface area contributed by atoms with Gasteiger partial charge in [-0.2, -0.15) is 0 Å². The first-order valence-electron chi connectivity index (χ1n) is 9.49. The molecular formula is C22H24N2O4. The Morgan fingerprint density at radius 1 is 0.964 bits per heavy atom. The van der Waals surface area contributed by atoms with Gasteiger partial charge in [0.25, 0.3) is 0 Å². The van der Waals surface area contributed by atoms with E-state index in [4.69, 9.17) is 0 Å². The summed E-state index contributed by atoms with van der Waals surface area (Å²) in [6.45, 7) is 1.10. The van der Waals surface area contributed by atoms with Crippen LogP contribution < -0.4 is 5.32 Å². The minimum Gasteiger partial charge on any atom is -0.478 e. The van der Waals surface area contributed by atoms with Crippen molar-refractivity contribution in [3.05, 3.63) is 65.7 Å². The normalized spacial score (nSPS) is 14.5. The Morgan fingerprint density at radius 2 is 1.61 bits per heavy atom. The van der Waals surface area contributed by atoms with Crippen molar-refractivity contribution >= 4 is 23.5 Å². The van der Waals surface area contributed by atoms with Crippen LogP contribution in [-0.2, 0) is 16.0 Å². The number of piperidine rings is 1. The van der Waals surface area contributed by atoms with Crippen LogP contribution in [0.25, 0.3) is 0 Å². The third-order valence-corrected chi connectivity index (χ3v) is 5.12. The summed E-state index contributed by atoms with van der Waals surface area (Å²) >= 11 is 0. The lowest BCUT2D eigenvalue weighted by Gasteiger charge is -2.31. The van der Waals surface area contributed by atoms with E-state index in [0.717, 1.165) is 5.69 Å². The van der Waals surface area contributed by atoms with Crippen molar-refractivity contribution in [1.82, 2.24) is 4.90 Å². The average Bonchev–Trinajstić information content (AvgIpc) is 2.73. The van der Waals surface area contributed by atoms with Gasteiger partial charge in [0.15, 0.2) is 0 Å². The van der Waals surface area contributed by atoms with E-state index in [1.165, 1.54) is 0 Å². The fraction of sp³-hybridized carbons (Fsp3) is 0.318. The van der Waals surface area contributed by atoms with Crippen molar-refractivity contribution in [2.75, 3.05) is 18.4 Å². The number of benzene rings is 2. The van der Waals surface area contributed by atoms with Crippen LogP contribution in [0.5, 0.6) is 0 Å². The maximum Gasteiger partial charge on any atom is 0.335 e. The molecular weight excluding hydrogens is 356 g/mol. The molecule has 2 aromatic carbocycles. The van der Waals surface area contributed by atoms with E-state index in [1.54, 1.807) is 29.2 Å². The third-order valence-electron chi connectivity index (χ3n) is 5.12. The smallest absolute Gasteiger partial charge is 0.335 e. The molecule has 0 aromatic heterocycles. The summed E-state index contributed by atoms with van der Waals surface area (Å²) < 4.78 is 0. The number of carboxylic acid groups (broad SMARTS) is 1. The zero-order chi connectivity index (χ0) is 19.9. The highest BCUT2D eigenvalue weighted by molar-refractivity contribution is 5.92. The van der Waals surface area contributed by atoms with Gasteiger partial charge in [0.05, 0.1) is 5.56 Å². The van der Waals surface area contributed by atoms with Crippen LogP contribution in [-0.4, -0.2) is 40.9 Å². The maximum atomic E-state index is 12.5. The molecule has 1 aliphatic heterocycles. The van der Waals surface area contributed by atoms with Crippen LogP contribution in [0.3, 0.4) is 0 Å². The number of carboxylic acids is 1. The predicted molar refractivity (Wildman–Crippen MR) is 106 cm³/mol. The lowest BCUT2D eigenvalue weighted by atomic mass is 9.95.